The molecule has 3 rings (SSSR count). The number of thiophene rings is 1. The lowest BCUT2D eigenvalue weighted by atomic mass is 9.97. The number of carbonyl (C=O) groups is 1. The van der Waals surface area contributed by atoms with Gasteiger partial charge in [0, 0.05) is 25.6 Å². The average molecular weight is 379 g/mol. The maximum Gasteiger partial charge on any atom is 0.252 e. The molecule has 1 fully saturated rings. The molecule has 0 aliphatic carbocycles. The van der Waals surface area contributed by atoms with Gasteiger partial charge in [-0.1, -0.05) is 30.3 Å². The SMILES string of the molecule is Cc1ccccc1CNC(=O)C1CCN(S(=O)(=O)c2cccs2)CC1. The molecule has 25 heavy (non-hydrogen) atoms. The lowest BCUT2D eigenvalue weighted by Crippen LogP contribution is -2.42. The van der Waals surface area contributed by atoms with Gasteiger partial charge in [0.1, 0.15) is 4.21 Å². The van der Waals surface area contributed by atoms with Crippen LogP contribution in [0.15, 0.2) is 46.0 Å². The number of nitrogens with zero attached hydrogens (tertiary/aromatic N) is 1. The van der Waals surface area contributed by atoms with Crippen molar-refractivity contribution >= 4 is 27.3 Å². The highest BCUT2D eigenvalue weighted by Gasteiger charge is 2.32. The zero-order valence-corrected chi connectivity index (χ0v) is 15.8. The van der Waals surface area contributed by atoms with Crippen LogP contribution in [0.3, 0.4) is 0 Å². The van der Waals surface area contributed by atoms with Crippen molar-refractivity contribution in [3.8, 4) is 0 Å². The number of hydrogen-bond donors (Lipinski definition) is 1. The van der Waals surface area contributed by atoms with Crippen LogP contribution in [-0.4, -0.2) is 31.7 Å². The number of benzene rings is 1. The van der Waals surface area contributed by atoms with Gasteiger partial charge in [0.05, 0.1) is 0 Å². The Balaban J connectivity index is 1.54. The number of nitrogens with one attached hydrogen (secondary N) is 1. The van der Waals surface area contributed by atoms with Crippen molar-refractivity contribution in [1.29, 1.82) is 0 Å². The van der Waals surface area contributed by atoms with Crippen LogP contribution in [0.4, 0.5) is 0 Å². The largest absolute Gasteiger partial charge is 0.352 e. The summed E-state index contributed by atoms with van der Waals surface area (Å²) in [6.07, 6.45) is 1.12. The van der Waals surface area contributed by atoms with Gasteiger partial charge in [-0.05, 0) is 42.3 Å². The fourth-order valence-electron chi connectivity index (χ4n) is 3.03. The molecule has 1 aliphatic heterocycles. The van der Waals surface area contributed by atoms with Crippen LogP contribution >= 0.6 is 11.3 Å². The quantitative estimate of drug-likeness (QED) is 0.870. The van der Waals surface area contributed by atoms with E-state index in [0.717, 1.165) is 11.1 Å². The zero-order chi connectivity index (χ0) is 17.9. The van der Waals surface area contributed by atoms with Crippen molar-refractivity contribution in [3.05, 3.63) is 52.9 Å². The Labute approximate surface area is 152 Å². The van der Waals surface area contributed by atoms with Crippen molar-refractivity contribution in [2.45, 2.75) is 30.5 Å². The molecule has 0 saturated carbocycles. The average Bonchev–Trinajstić information content (AvgIpc) is 3.16. The first-order valence-corrected chi connectivity index (χ1v) is 10.7. The topological polar surface area (TPSA) is 66.5 Å². The molecule has 1 saturated heterocycles. The summed E-state index contributed by atoms with van der Waals surface area (Å²) < 4.78 is 26.9. The molecule has 134 valence electrons. The molecule has 5 nitrogen and oxygen atoms in total. The highest BCUT2D eigenvalue weighted by atomic mass is 32.2. The van der Waals surface area contributed by atoms with Gasteiger partial charge in [-0.3, -0.25) is 4.79 Å². The molecule has 1 aromatic heterocycles. The second-order valence-corrected chi connectivity index (χ2v) is 9.37. The number of aryl methyl sites for hydroxylation is 1. The molecular weight excluding hydrogens is 356 g/mol. The Hall–Kier alpha value is -1.70. The number of carbonyl (C=O) groups excluding carboxylic acids is 1. The van der Waals surface area contributed by atoms with Crippen LogP contribution < -0.4 is 5.32 Å². The van der Waals surface area contributed by atoms with E-state index < -0.39 is 10.0 Å². The van der Waals surface area contributed by atoms with Crippen LogP contribution in [0, 0.1) is 12.8 Å². The Bertz CT molecular complexity index is 824. The highest BCUT2D eigenvalue weighted by Crippen LogP contribution is 2.26. The zero-order valence-electron chi connectivity index (χ0n) is 14.1. The number of hydrogen-bond acceptors (Lipinski definition) is 4. The van der Waals surface area contributed by atoms with E-state index in [2.05, 4.69) is 5.32 Å². The van der Waals surface area contributed by atoms with E-state index >= 15 is 0 Å². The van der Waals surface area contributed by atoms with E-state index in [4.69, 9.17) is 0 Å². The molecule has 1 aromatic carbocycles. The Morgan fingerprint density at radius 2 is 1.92 bits per heavy atom. The minimum Gasteiger partial charge on any atom is -0.352 e. The summed E-state index contributed by atoms with van der Waals surface area (Å²) in [5.41, 5.74) is 2.26. The van der Waals surface area contributed by atoms with Gasteiger partial charge < -0.3 is 5.32 Å². The standard InChI is InChI=1S/C18H22N2O3S2/c1-14-5-2-3-6-16(14)13-19-18(21)15-8-10-20(11-9-15)25(22,23)17-7-4-12-24-17/h2-7,12,15H,8-11,13H2,1H3,(H,19,21). The second-order valence-electron chi connectivity index (χ2n) is 6.25. The van der Waals surface area contributed by atoms with Gasteiger partial charge in [0.15, 0.2) is 0 Å². The van der Waals surface area contributed by atoms with Crippen LogP contribution in [0.25, 0.3) is 0 Å². The Kier molecular flexibility index (Phi) is 5.56. The summed E-state index contributed by atoms with van der Waals surface area (Å²) in [4.78, 5) is 12.4. The summed E-state index contributed by atoms with van der Waals surface area (Å²) in [5, 5.41) is 4.75. The molecule has 0 atom stereocenters. The van der Waals surface area contributed by atoms with E-state index in [0.29, 0.717) is 36.7 Å². The molecule has 1 amide bonds. The summed E-state index contributed by atoms with van der Waals surface area (Å²) in [7, 11) is -3.41. The van der Waals surface area contributed by atoms with E-state index in [1.807, 2.05) is 31.2 Å². The van der Waals surface area contributed by atoms with Gasteiger partial charge in [0.25, 0.3) is 10.0 Å². The molecule has 2 heterocycles. The predicted molar refractivity (Wildman–Crippen MR) is 98.8 cm³/mol. The van der Waals surface area contributed by atoms with Crippen molar-refractivity contribution < 1.29 is 13.2 Å². The number of piperidine rings is 1. The van der Waals surface area contributed by atoms with Crippen molar-refractivity contribution in [2.24, 2.45) is 5.92 Å². The monoisotopic (exact) mass is 378 g/mol. The van der Waals surface area contributed by atoms with E-state index in [1.54, 1.807) is 17.5 Å². The molecular formula is C18H22N2O3S2. The maximum atomic E-state index is 12.5. The van der Waals surface area contributed by atoms with Crippen LogP contribution in [0.1, 0.15) is 24.0 Å². The molecule has 0 radical (unpaired) electrons. The van der Waals surface area contributed by atoms with Crippen molar-refractivity contribution in [2.75, 3.05) is 13.1 Å². The first-order valence-electron chi connectivity index (χ1n) is 8.34. The van der Waals surface area contributed by atoms with Gasteiger partial charge in [-0.15, -0.1) is 11.3 Å². The molecule has 7 heteroatoms. The molecule has 1 N–H and O–H groups in total. The van der Waals surface area contributed by atoms with E-state index in [9.17, 15) is 13.2 Å². The lowest BCUT2D eigenvalue weighted by molar-refractivity contribution is -0.126. The van der Waals surface area contributed by atoms with E-state index in [-0.39, 0.29) is 11.8 Å². The highest BCUT2D eigenvalue weighted by molar-refractivity contribution is 7.91. The van der Waals surface area contributed by atoms with E-state index in [1.165, 1.54) is 15.6 Å². The van der Waals surface area contributed by atoms with Crippen LogP contribution in [-0.2, 0) is 21.4 Å². The molecule has 0 spiro atoms. The maximum absolute atomic E-state index is 12.5. The Morgan fingerprint density at radius 3 is 2.56 bits per heavy atom. The summed E-state index contributed by atoms with van der Waals surface area (Å²) in [6, 6.07) is 11.3. The predicted octanol–water partition coefficient (Wildman–Crippen LogP) is 2.77. The smallest absolute Gasteiger partial charge is 0.252 e. The van der Waals surface area contributed by atoms with Crippen LogP contribution in [0.2, 0.25) is 0 Å². The van der Waals surface area contributed by atoms with Crippen molar-refractivity contribution in [3.63, 3.8) is 0 Å². The first kappa shape index (κ1) is 18.1. The summed E-state index contributed by atoms with van der Waals surface area (Å²) in [6.45, 7) is 3.32. The Morgan fingerprint density at radius 1 is 1.20 bits per heavy atom. The molecule has 2 aromatic rings. The van der Waals surface area contributed by atoms with Crippen molar-refractivity contribution in [1.82, 2.24) is 9.62 Å². The first-order chi connectivity index (χ1) is 12.0. The number of amides is 1. The third-order valence-electron chi connectivity index (χ3n) is 4.63. The molecule has 1 aliphatic rings. The van der Waals surface area contributed by atoms with Gasteiger partial charge >= 0.3 is 0 Å². The van der Waals surface area contributed by atoms with Gasteiger partial charge in [0.2, 0.25) is 5.91 Å². The summed E-state index contributed by atoms with van der Waals surface area (Å²) in [5.74, 6) is -0.116. The molecule has 0 unspecified atom stereocenters. The summed E-state index contributed by atoms with van der Waals surface area (Å²) >= 11 is 1.23. The van der Waals surface area contributed by atoms with Gasteiger partial charge in [-0.25, -0.2) is 8.42 Å². The molecule has 0 bridgehead atoms. The number of sulfonamides is 1. The minimum absolute atomic E-state index is 0.0106. The number of rotatable bonds is 5. The third-order valence-corrected chi connectivity index (χ3v) is 7.90. The fourth-order valence-corrected chi connectivity index (χ4v) is 5.65. The minimum atomic E-state index is -3.41. The fraction of sp³-hybridized carbons (Fsp3) is 0.389. The second kappa shape index (κ2) is 7.68. The van der Waals surface area contributed by atoms with Gasteiger partial charge in [-0.2, -0.15) is 4.31 Å². The van der Waals surface area contributed by atoms with Crippen LogP contribution in [0.5, 0.6) is 0 Å². The lowest BCUT2D eigenvalue weighted by Gasteiger charge is -2.30. The normalized spacial score (nSPS) is 16.7. The third kappa shape index (κ3) is 4.11.